The van der Waals surface area contributed by atoms with Crippen molar-refractivity contribution in [2.45, 2.75) is 38.1 Å². The van der Waals surface area contributed by atoms with Crippen molar-refractivity contribution in [2.24, 2.45) is 20.0 Å². The lowest BCUT2D eigenvalue weighted by Gasteiger charge is -2.28. The van der Waals surface area contributed by atoms with Crippen molar-refractivity contribution in [3.8, 4) is 28.5 Å². The molecule has 42 heavy (non-hydrogen) atoms. The van der Waals surface area contributed by atoms with Crippen LogP contribution in [0.1, 0.15) is 42.5 Å². The Morgan fingerprint density at radius 1 is 1.12 bits per heavy atom. The number of aromatic amines is 1. The molecule has 0 unspecified atom stereocenters. The van der Waals surface area contributed by atoms with Crippen molar-refractivity contribution < 1.29 is 4.79 Å². The molecule has 4 aromatic heterocycles. The van der Waals surface area contributed by atoms with Crippen LogP contribution in [-0.2, 0) is 14.1 Å². The first kappa shape index (κ1) is 27.3. The third-order valence-electron chi connectivity index (χ3n) is 8.43. The Bertz CT molecular complexity index is 1900. The minimum atomic E-state index is -0.0982. The van der Waals surface area contributed by atoms with Gasteiger partial charge >= 0.3 is 0 Å². The molecule has 1 aliphatic rings. The molecular formula is C32H34N8O2. The maximum absolute atomic E-state index is 13.5. The fourth-order valence-electron chi connectivity index (χ4n) is 6.14. The van der Waals surface area contributed by atoms with Crippen LogP contribution in [0.4, 0.5) is 5.69 Å². The molecule has 0 aliphatic heterocycles. The van der Waals surface area contributed by atoms with Crippen molar-refractivity contribution in [3.63, 3.8) is 0 Å². The molecule has 1 aromatic carbocycles. The van der Waals surface area contributed by atoms with Crippen LogP contribution in [0.2, 0.25) is 0 Å². The minimum Gasteiger partial charge on any atom is -0.378 e. The molecule has 10 nitrogen and oxygen atoms in total. The number of H-pyrrole nitrogens is 1. The quantitative estimate of drug-likeness (QED) is 0.298. The molecule has 2 N–H and O–H groups in total. The van der Waals surface area contributed by atoms with Crippen LogP contribution in [0.25, 0.3) is 44.3 Å². The van der Waals surface area contributed by atoms with Crippen molar-refractivity contribution in [3.05, 3.63) is 64.8 Å². The van der Waals surface area contributed by atoms with Gasteiger partial charge in [0.1, 0.15) is 11.3 Å². The molecule has 1 aliphatic carbocycles. The second kappa shape index (κ2) is 10.8. The minimum absolute atomic E-state index is 0.0625. The number of nitriles is 1. The third-order valence-corrected chi connectivity index (χ3v) is 8.43. The second-order valence-electron chi connectivity index (χ2n) is 11.5. The number of carbonyl (C=O) groups is 1. The number of fused-ring (bicyclic) bond motifs is 3. The summed E-state index contributed by atoms with van der Waals surface area (Å²) in [7, 11) is 7.13. The van der Waals surface area contributed by atoms with Gasteiger partial charge in [0.25, 0.3) is 11.5 Å². The van der Waals surface area contributed by atoms with E-state index >= 15 is 0 Å². The highest BCUT2D eigenvalue weighted by atomic mass is 16.2. The van der Waals surface area contributed by atoms with E-state index in [1.165, 1.54) is 0 Å². The summed E-state index contributed by atoms with van der Waals surface area (Å²) in [6.07, 6.45) is 9.91. The summed E-state index contributed by atoms with van der Waals surface area (Å²) in [6.45, 7) is 0. The fourth-order valence-corrected chi connectivity index (χ4v) is 6.14. The maximum Gasteiger partial charge on any atom is 0.274 e. The van der Waals surface area contributed by atoms with Crippen LogP contribution >= 0.6 is 0 Å². The summed E-state index contributed by atoms with van der Waals surface area (Å²) in [4.78, 5) is 35.9. The van der Waals surface area contributed by atoms with Gasteiger partial charge in [-0.25, -0.2) is 4.98 Å². The Balaban J connectivity index is 1.52. The number of hydrogen-bond donors (Lipinski definition) is 2. The first-order valence-electron chi connectivity index (χ1n) is 14.2. The smallest absolute Gasteiger partial charge is 0.274 e. The van der Waals surface area contributed by atoms with E-state index in [1.54, 1.807) is 41.5 Å². The van der Waals surface area contributed by atoms with Crippen LogP contribution in [0.15, 0.2) is 53.7 Å². The molecule has 10 heteroatoms. The number of carbonyl (C=O) groups excluding carboxylic acids is 1. The Morgan fingerprint density at radius 3 is 2.50 bits per heavy atom. The molecule has 1 saturated carbocycles. The van der Waals surface area contributed by atoms with Gasteiger partial charge in [0, 0.05) is 74.3 Å². The van der Waals surface area contributed by atoms with Crippen LogP contribution in [-0.4, -0.2) is 55.3 Å². The Hall–Kier alpha value is -4.91. The van der Waals surface area contributed by atoms with Gasteiger partial charge in [-0.1, -0.05) is 12.1 Å². The van der Waals surface area contributed by atoms with E-state index in [1.807, 2.05) is 49.8 Å². The van der Waals surface area contributed by atoms with Gasteiger partial charge in [0.15, 0.2) is 0 Å². The van der Waals surface area contributed by atoms with Gasteiger partial charge in [0.05, 0.1) is 29.7 Å². The van der Waals surface area contributed by atoms with Gasteiger partial charge in [-0.3, -0.25) is 14.3 Å². The summed E-state index contributed by atoms with van der Waals surface area (Å²) in [5.41, 5.74) is 6.12. The van der Waals surface area contributed by atoms with Gasteiger partial charge in [-0.05, 0) is 55.4 Å². The van der Waals surface area contributed by atoms with Crippen LogP contribution < -0.4 is 10.9 Å². The van der Waals surface area contributed by atoms with Gasteiger partial charge in [0.2, 0.25) is 0 Å². The summed E-state index contributed by atoms with van der Waals surface area (Å²) in [5, 5.41) is 18.8. The van der Waals surface area contributed by atoms with Crippen LogP contribution in [0, 0.1) is 17.2 Å². The standard InChI is InChI=1S/C32H34N8O2/c1-38(2)31(41)21-9-7-20(8-10-21)27-28-24-15-25(36-23-11-5-19(6-12-23)13-14-33)32(42)40(4)26(24)17-34-30(28)37-29(27)22-16-35-39(3)18-22/h7-10,15-19,23,36H,5-6,11-13H2,1-4H3,(H,34,37). The van der Waals surface area contributed by atoms with Crippen molar-refractivity contribution >= 4 is 33.5 Å². The van der Waals surface area contributed by atoms with Gasteiger partial charge in [-0.2, -0.15) is 10.4 Å². The molecule has 214 valence electrons. The first-order valence-corrected chi connectivity index (χ1v) is 14.2. The predicted octanol–water partition coefficient (Wildman–Crippen LogP) is 5.07. The SMILES string of the molecule is CN(C)C(=O)c1ccc(-c2c(-c3cnn(C)c3)[nH]c3ncc4c(cc(NC5CCC(CC#N)CC5)c(=O)n4C)c23)cc1. The highest BCUT2D eigenvalue weighted by Gasteiger charge is 2.24. The molecule has 4 heterocycles. The van der Waals surface area contributed by atoms with Crippen molar-refractivity contribution in [1.82, 2.24) is 29.2 Å². The molecular weight excluding hydrogens is 528 g/mol. The van der Waals surface area contributed by atoms with E-state index < -0.39 is 0 Å². The summed E-state index contributed by atoms with van der Waals surface area (Å²) in [6, 6.07) is 12.0. The molecule has 5 aromatic rings. The zero-order valence-electron chi connectivity index (χ0n) is 24.3. The monoisotopic (exact) mass is 562 g/mol. The lowest BCUT2D eigenvalue weighted by molar-refractivity contribution is 0.0827. The number of aryl methyl sites for hydroxylation is 2. The van der Waals surface area contributed by atoms with E-state index in [0.29, 0.717) is 29.2 Å². The summed E-state index contributed by atoms with van der Waals surface area (Å²) < 4.78 is 3.41. The number of aromatic nitrogens is 5. The fraction of sp³-hybridized carbons (Fsp3) is 0.344. The number of anilines is 1. The van der Waals surface area contributed by atoms with E-state index in [0.717, 1.165) is 64.4 Å². The molecule has 0 bridgehead atoms. The first-order chi connectivity index (χ1) is 20.2. The van der Waals surface area contributed by atoms with Gasteiger partial charge in [-0.15, -0.1) is 0 Å². The Kier molecular flexibility index (Phi) is 7.02. The Morgan fingerprint density at radius 2 is 1.86 bits per heavy atom. The molecule has 0 spiro atoms. The van der Waals surface area contributed by atoms with Gasteiger partial charge < -0.3 is 19.8 Å². The van der Waals surface area contributed by atoms with E-state index in [4.69, 9.17) is 10.2 Å². The third kappa shape index (κ3) is 4.81. The molecule has 1 amide bonds. The normalized spacial score (nSPS) is 16.9. The second-order valence-corrected chi connectivity index (χ2v) is 11.5. The summed E-state index contributed by atoms with van der Waals surface area (Å²) >= 11 is 0. The zero-order valence-corrected chi connectivity index (χ0v) is 24.3. The molecule has 6 rings (SSSR count). The zero-order chi connectivity index (χ0) is 29.5. The lowest BCUT2D eigenvalue weighted by atomic mass is 9.84. The topological polar surface area (TPSA) is 125 Å². The number of nitrogens with zero attached hydrogens (tertiary/aromatic N) is 6. The number of hydrogen-bond acceptors (Lipinski definition) is 6. The van der Waals surface area contributed by atoms with Crippen LogP contribution in [0.3, 0.4) is 0 Å². The molecule has 0 radical (unpaired) electrons. The molecule has 0 atom stereocenters. The van der Waals surface area contributed by atoms with Crippen molar-refractivity contribution in [1.29, 1.82) is 5.26 Å². The molecule has 1 fully saturated rings. The average molecular weight is 563 g/mol. The molecule has 0 saturated heterocycles. The van der Waals surface area contributed by atoms with Crippen LogP contribution in [0.5, 0.6) is 0 Å². The highest BCUT2D eigenvalue weighted by Crippen LogP contribution is 2.41. The lowest BCUT2D eigenvalue weighted by Crippen LogP contribution is -2.30. The van der Waals surface area contributed by atoms with E-state index in [2.05, 4.69) is 21.5 Å². The maximum atomic E-state index is 13.5. The van der Waals surface area contributed by atoms with Crippen molar-refractivity contribution in [2.75, 3.05) is 19.4 Å². The number of rotatable bonds is 6. The summed E-state index contributed by atoms with van der Waals surface area (Å²) in [5.74, 6) is 0.373. The van der Waals surface area contributed by atoms with E-state index in [9.17, 15) is 9.59 Å². The number of nitrogens with one attached hydrogen (secondary N) is 2. The average Bonchev–Trinajstić information content (AvgIpc) is 3.60. The predicted molar refractivity (Wildman–Crippen MR) is 164 cm³/mol. The van der Waals surface area contributed by atoms with E-state index in [-0.39, 0.29) is 17.5 Å². The number of benzene rings is 1. The Labute approximate surface area is 243 Å². The number of amides is 1. The highest BCUT2D eigenvalue weighted by molar-refractivity contribution is 6.15. The number of pyridine rings is 2. The largest absolute Gasteiger partial charge is 0.378 e.